The standard InChI is InChI=1S/C16H14N2O5/c1-8-4-14(19)9(2)3-13(8)18-17-12-6-10(15(20)21)5-11(7-12)16(22)23/h3-7,19H,1-2H3,(H,20,21)(H,22,23). The van der Waals surface area contributed by atoms with Crippen LogP contribution in [0.2, 0.25) is 0 Å². The summed E-state index contributed by atoms with van der Waals surface area (Å²) in [5, 5.41) is 35.6. The third kappa shape index (κ3) is 3.70. The maximum absolute atomic E-state index is 11.0. The minimum absolute atomic E-state index is 0.118. The number of hydrogen-bond donors (Lipinski definition) is 3. The zero-order valence-corrected chi connectivity index (χ0v) is 12.4. The molecule has 0 heterocycles. The van der Waals surface area contributed by atoms with Crippen LogP contribution in [0.3, 0.4) is 0 Å². The number of carboxylic acid groups (broad SMARTS) is 2. The Labute approximate surface area is 131 Å². The lowest BCUT2D eigenvalue weighted by Gasteiger charge is -2.04. The Balaban J connectivity index is 2.45. The van der Waals surface area contributed by atoms with E-state index in [1.165, 1.54) is 12.1 Å². The van der Waals surface area contributed by atoms with Crippen molar-refractivity contribution in [1.82, 2.24) is 0 Å². The highest BCUT2D eigenvalue weighted by Gasteiger charge is 2.11. The fraction of sp³-hybridized carbons (Fsp3) is 0.125. The van der Waals surface area contributed by atoms with Gasteiger partial charge in [0.05, 0.1) is 22.5 Å². The number of benzene rings is 2. The van der Waals surface area contributed by atoms with Crippen LogP contribution in [-0.2, 0) is 0 Å². The highest BCUT2D eigenvalue weighted by molar-refractivity contribution is 5.95. The summed E-state index contributed by atoms with van der Waals surface area (Å²) in [6, 6.07) is 6.70. The highest BCUT2D eigenvalue weighted by atomic mass is 16.4. The van der Waals surface area contributed by atoms with E-state index in [1.54, 1.807) is 26.0 Å². The van der Waals surface area contributed by atoms with Gasteiger partial charge >= 0.3 is 11.9 Å². The second-order valence-electron chi connectivity index (χ2n) is 5.00. The van der Waals surface area contributed by atoms with Crippen LogP contribution in [0, 0.1) is 13.8 Å². The van der Waals surface area contributed by atoms with Crippen LogP contribution in [0.1, 0.15) is 31.8 Å². The van der Waals surface area contributed by atoms with Gasteiger partial charge < -0.3 is 15.3 Å². The van der Waals surface area contributed by atoms with Crippen molar-refractivity contribution in [3.05, 3.63) is 52.6 Å². The van der Waals surface area contributed by atoms with Crippen molar-refractivity contribution >= 4 is 23.3 Å². The van der Waals surface area contributed by atoms with E-state index < -0.39 is 11.9 Å². The van der Waals surface area contributed by atoms with Gasteiger partial charge in [0, 0.05) is 0 Å². The van der Waals surface area contributed by atoms with Gasteiger partial charge in [-0.25, -0.2) is 9.59 Å². The molecule has 2 aromatic rings. The van der Waals surface area contributed by atoms with Crippen molar-refractivity contribution in [2.45, 2.75) is 13.8 Å². The molecule has 7 nitrogen and oxygen atoms in total. The molecule has 0 amide bonds. The molecule has 0 fully saturated rings. The number of phenolic OH excluding ortho intramolecular Hbond substituents is 1. The van der Waals surface area contributed by atoms with Gasteiger partial charge in [0.2, 0.25) is 0 Å². The molecular weight excluding hydrogens is 300 g/mol. The topological polar surface area (TPSA) is 120 Å². The number of aromatic hydroxyl groups is 1. The second-order valence-corrected chi connectivity index (χ2v) is 5.00. The van der Waals surface area contributed by atoms with E-state index >= 15 is 0 Å². The van der Waals surface area contributed by atoms with Crippen LogP contribution in [0.25, 0.3) is 0 Å². The van der Waals surface area contributed by atoms with E-state index in [2.05, 4.69) is 10.2 Å². The van der Waals surface area contributed by atoms with E-state index in [0.29, 0.717) is 16.8 Å². The number of aromatic carboxylic acids is 2. The quantitative estimate of drug-likeness (QED) is 0.741. The molecule has 0 aliphatic rings. The number of hydrogen-bond acceptors (Lipinski definition) is 5. The number of carbonyl (C=O) groups is 2. The molecule has 23 heavy (non-hydrogen) atoms. The molecule has 0 radical (unpaired) electrons. The molecule has 2 aromatic carbocycles. The second kappa shape index (κ2) is 6.27. The van der Waals surface area contributed by atoms with Crippen molar-refractivity contribution in [3.8, 4) is 5.75 Å². The van der Waals surface area contributed by atoms with Crippen molar-refractivity contribution in [2.24, 2.45) is 10.2 Å². The van der Waals surface area contributed by atoms with Gasteiger partial charge in [-0.1, -0.05) is 0 Å². The highest BCUT2D eigenvalue weighted by Crippen LogP contribution is 2.29. The van der Waals surface area contributed by atoms with Gasteiger partial charge in [-0.3, -0.25) is 0 Å². The number of rotatable bonds is 4. The molecule has 2 rings (SSSR count). The summed E-state index contributed by atoms with van der Waals surface area (Å²) in [7, 11) is 0. The fourth-order valence-electron chi connectivity index (χ4n) is 1.92. The first-order valence-electron chi connectivity index (χ1n) is 6.61. The minimum Gasteiger partial charge on any atom is -0.508 e. The van der Waals surface area contributed by atoms with Crippen LogP contribution in [0.15, 0.2) is 40.6 Å². The Morgan fingerprint density at radius 3 is 1.91 bits per heavy atom. The largest absolute Gasteiger partial charge is 0.508 e. The summed E-state index contributed by atoms with van der Waals surface area (Å²) >= 11 is 0. The van der Waals surface area contributed by atoms with Crippen LogP contribution in [0.4, 0.5) is 11.4 Å². The van der Waals surface area contributed by atoms with Crippen molar-refractivity contribution in [3.63, 3.8) is 0 Å². The summed E-state index contributed by atoms with van der Waals surface area (Å²) in [4.78, 5) is 22.1. The van der Waals surface area contributed by atoms with Crippen molar-refractivity contribution in [2.75, 3.05) is 0 Å². The summed E-state index contributed by atoms with van der Waals surface area (Å²) < 4.78 is 0. The molecule has 0 saturated carbocycles. The summed E-state index contributed by atoms with van der Waals surface area (Å²) in [6.07, 6.45) is 0. The first-order chi connectivity index (χ1) is 10.8. The average molecular weight is 314 g/mol. The van der Waals surface area contributed by atoms with Crippen LogP contribution < -0.4 is 0 Å². The molecule has 3 N–H and O–H groups in total. The van der Waals surface area contributed by atoms with E-state index in [0.717, 1.165) is 6.07 Å². The summed E-state index contributed by atoms with van der Waals surface area (Å²) in [5.41, 5.74) is 1.56. The number of phenols is 1. The monoisotopic (exact) mass is 314 g/mol. The van der Waals surface area contributed by atoms with Gasteiger partial charge in [-0.05, 0) is 55.3 Å². The van der Waals surface area contributed by atoms with Crippen LogP contribution in [0.5, 0.6) is 5.75 Å². The average Bonchev–Trinajstić information content (AvgIpc) is 2.49. The van der Waals surface area contributed by atoms with E-state index in [-0.39, 0.29) is 22.6 Å². The zero-order chi connectivity index (χ0) is 17.1. The first-order valence-corrected chi connectivity index (χ1v) is 6.61. The predicted octanol–water partition coefficient (Wildman–Crippen LogP) is 3.82. The molecule has 118 valence electrons. The zero-order valence-electron chi connectivity index (χ0n) is 12.4. The lowest BCUT2D eigenvalue weighted by molar-refractivity contribution is 0.0696. The van der Waals surface area contributed by atoms with Crippen LogP contribution >= 0.6 is 0 Å². The lowest BCUT2D eigenvalue weighted by Crippen LogP contribution is -2.01. The molecule has 0 aromatic heterocycles. The Morgan fingerprint density at radius 2 is 1.39 bits per heavy atom. The maximum Gasteiger partial charge on any atom is 0.335 e. The van der Waals surface area contributed by atoms with Crippen molar-refractivity contribution < 1.29 is 24.9 Å². The van der Waals surface area contributed by atoms with Gasteiger partial charge in [0.25, 0.3) is 0 Å². The number of carboxylic acids is 2. The predicted molar refractivity (Wildman–Crippen MR) is 82.1 cm³/mol. The fourth-order valence-corrected chi connectivity index (χ4v) is 1.92. The smallest absolute Gasteiger partial charge is 0.335 e. The molecular formula is C16H14N2O5. The first kappa shape index (κ1) is 16.2. The summed E-state index contributed by atoms with van der Waals surface area (Å²) in [5.74, 6) is -2.36. The van der Waals surface area contributed by atoms with E-state index in [1.807, 2.05) is 0 Å². The van der Waals surface area contributed by atoms with Gasteiger partial charge in [-0.15, -0.1) is 0 Å². The third-order valence-electron chi connectivity index (χ3n) is 3.20. The lowest BCUT2D eigenvalue weighted by atomic mass is 10.1. The molecule has 0 atom stereocenters. The Bertz CT molecular complexity index is 795. The minimum atomic E-state index is -1.25. The molecule has 7 heteroatoms. The Morgan fingerprint density at radius 1 is 0.826 bits per heavy atom. The van der Waals surface area contributed by atoms with Crippen molar-refractivity contribution in [1.29, 1.82) is 0 Å². The molecule has 0 spiro atoms. The summed E-state index contributed by atoms with van der Waals surface area (Å²) in [6.45, 7) is 3.45. The molecule has 0 aliphatic heterocycles. The molecule has 0 unspecified atom stereocenters. The van der Waals surface area contributed by atoms with Gasteiger partial charge in [-0.2, -0.15) is 10.2 Å². The Hall–Kier alpha value is -3.22. The van der Waals surface area contributed by atoms with Gasteiger partial charge in [0.1, 0.15) is 5.75 Å². The molecule has 0 bridgehead atoms. The SMILES string of the molecule is Cc1cc(N=Nc2cc(C(=O)O)cc(C(=O)O)c2)c(C)cc1O. The van der Waals surface area contributed by atoms with Crippen LogP contribution in [-0.4, -0.2) is 27.3 Å². The number of aryl methyl sites for hydroxylation is 2. The van der Waals surface area contributed by atoms with E-state index in [9.17, 15) is 14.7 Å². The number of nitrogens with zero attached hydrogens (tertiary/aromatic N) is 2. The third-order valence-corrected chi connectivity index (χ3v) is 3.20. The van der Waals surface area contributed by atoms with Gasteiger partial charge in [0.15, 0.2) is 0 Å². The van der Waals surface area contributed by atoms with E-state index in [4.69, 9.17) is 10.2 Å². The molecule has 0 aliphatic carbocycles. The maximum atomic E-state index is 11.0. The Kier molecular flexibility index (Phi) is 4.40. The number of azo groups is 1. The normalized spacial score (nSPS) is 10.9. The molecule has 0 saturated heterocycles.